The first-order valence-corrected chi connectivity index (χ1v) is 14.8. The highest BCUT2D eigenvalue weighted by atomic mass is 19.4. The number of hydrogen-bond acceptors (Lipinski definition) is 3. The van der Waals surface area contributed by atoms with Crippen LogP contribution in [0, 0.1) is 5.92 Å². The molecule has 2 amide bonds. The van der Waals surface area contributed by atoms with Crippen LogP contribution in [0.4, 0.5) is 31.1 Å². The Labute approximate surface area is 267 Å². The summed E-state index contributed by atoms with van der Waals surface area (Å²) >= 11 is 0. The summed E-state index contributed by atoms with van der Waals surface area (Å²) in [5, 5.41) is 14.4. The van der Waals surface area contributed by atoms with Gasteiger partial charge < -0.3 is 15.7 Å². The Balaban J connectivity index is 1.41. The maximum Gasteiger partial charge on any atom is 0.416 e. The molecule has 1 saturated heterocycles. The van der Waals surface area contributed by atoms with Crippen molar-refractivity contribution in [2.75, 3.05) is 19.6 Å². The van der Waals surface area contributed by atoms with E-state index in [4.69, 9.17) is 5.11 Å². The Kier molecular flexibility index (Phi) is 9.90. The number of carbonyl (C=O) groups is 2. The zero-order valence-electron chi connectivity index (χ0n) is 24.9. The standard InChI is InChI=1S/C35H31F6N3O3/c36-34(37,38)29-10-6-24(7-11-29)26-15-27(25-8-12-30(13-9-25)35(39,40)41)17-28(16-26)32(45)42-19-31-14-23(18-43-33(46)47)21-44(31)20-22-4-2-1-3-5-22/h1-13,15-17,23,31,43H,14,18-21H2,(H,42,45)(H,46,47)/t23-,31+/m1/s1. The van der Waals surface area contributed by atoms with Crippen LogP contribution < -0.4 is 10.6 Å². The van der Waals surface area contributed by atoms with Gasteiger partial charge in [0, 0.05) is 37.8 Å². The molecule has 0 bridgehead atoms. The van der Waals surface area contributed by atoms with Crippen molar-refractivity contribution < 1.29 is 41.0 Å². The lowest BCUT2D eigenvalue weighted by Crippen LogP contribution is -2.39. The molecule has 0 aromatic heterocycles. The van der Waals surface area contributed by atoms with Gasteiger partial charge in [-0.1, -0.05) is 54.6 Å². The van der Waals surface area contributed by atoms with Crippen LogP contribution in [-0.4, -0.2) is 47.7 Å². The van der Waals surface area contributed by atoms with Gasteiger partial charge in [0.2, 0.25) is 0 Å². The van der Waals surface area contributed by atoms with E-state index in [0.29, 0.717) is 41.8 Å². The van der Waals surface area contributed by atoms with E-state index in [0.717, 1.165) is 29.8 Å². The van der Waals surface area contributed by atoms with E-state index in [1.807, 2.05) is 30.3 Å². The van der Waals surface area contributed by atoms with E-state index >= 15 is 0 Å². The predicted octanol–water partition coefficient (Wildman–Crippen LogP) is 7.95. The molecule has 3 N–H and O–H groups in total. The van der Waals surface area contributed by atoms with Crippen LogP contribution in [0.3, 0.4) is 0 Å². The summed E-state index contributed by atoms with van der Waals surface area (Å²) in [6.45, 7) is 1.69. The molecule has 12 heteroatoms. The lowest BCUT2D eigenvalue weighted by atomic mass is 9.94. The van der Waals surface area contributed by atoms with Crippen molar-refractivity contribution in [2.24, 2.45) is 5.92 Å². The summed E-state index contributed by atoms with van der Waals surface area (Å²) in [6.07, 6.45) is -9.57. The third-order valence-corrected chi connectivity index (χ3v) is 8.17. The predicted molar refractivity (Wildman–Crippen MR) is 164 cm³/mol. The van der Waals surface area contributed by atoms with E-state index in [9.17, 15) is 35.9 Å². The summed E-state index contributed by atoms with van der Waals surface area (Å²) in [5.74, 6) is -0.454. The number of carbonyl (C=O) groups excluding carboxylic acids is 1. The molecule has 2 atom stereocenters. The molecule has 0 unspecified atom stereocenters. The highest BCUT2D eigenvalue weighted by molar-refractivity contribution is 5.97. The van der Waals surface area contributed by atoms with Crippen LogP contribution in [0.1, 0.15) is 33.5 Å². The van der Waals surface area contributed by atoms with E-state index in [1.54, 1.807) is 6.07 Å². The molecular formula is C35H31F6N3O3. The number of nitrogens with zero attached hydrogens (tertiary/aromatic N) is 1. The Morgan fingerprint density at radius 1 is 0.702 bits per heavy atom. The number of rotatable bonds is 9. The number of alkyl halides is 6. The SMILES string of the molecule is O=C(O)NC[C@H]1C[C@@H](CNC(=O)c2cc(-c3ccc(C(F)(F)F)cc3)cc(-c3ccc(C(F)(F)F)cc3)c2)N(Cc2ccccc2)C1. The topological polar surface area (TPSA) is 81.7 Å². The zero-order valence-corrected chi connectivity index (χ0v) is 24.9. The highest BCUT2D eigenvalue weighted by Gasteiger charge is 2.33. The molecular weight excluding hydrogens is 624 g/mol. The summed E-state index contributed by atoms with van der Waals surface area (Å²) in [6, 6.07) is 23.1. The van der Waals surface area contributed by atoms with Crippen LogP contribution in [0.15, 0.2) is 97.1 Å². The second-order valence-electron chi connectivity index (χ2n) is 11.5. The zero-order chi connectivity index (χ0) is 33.8. The number of hydrogen-bond donors (Lipinski definition) is 3. The van der Waals surface area contributed by atoms with Crippen LogP contribution >= 0.6 is 0 Å². The smallest absolute Gasteiger partial charge is 0.416 e. The Morgan fingerprint density at radius 2 is 1.23 bits per heavy atom. The van der Waals surface area contributed by atoms with Crippen LogP contribution in [-0.2, 0) is 18.9 Å². The van der Waals surface area contributed by atoms with Crippen LogP contribution in [0.25, 0.3) is 22.3 Å². The van der Waals surface area contributed by atoms with Gasteiger partial charge in [0.05, 0.1) is 11.1 Å². The molecule has 0 spiro atoms. The molecule has 5 rings (SSSR count). The number of benzene rings is 4. The molecule has 1 aliphatic rings. The van der Waals surface area contributed by atoms with Crippen molar-refractivity contribution >= 4 is 12.0 Å². The molecule has 1 aliphatic heterocycles. The van der Waals surface area contributed by atoms with Gasteiger partial charge in [0.25, 0.3) is 5.91 Å². The van der Waals surface area contributed by atoms with Gasteiger partial charge in [-0.3, -0.25) is 9.69 Å². The van der Waals surface area contributed by atoms with Gasteiger partial charge in [-0.2, -0.15) is 26.3 Å². The van der Waals surface area contributed by atoms with Gasteiger partial charge in [0.1, 0.15) is 0 Å². The fourth-order valence-corrected chi connectivity index (χ4v) is 5.80. The molecule has 1 heterocycles. The number of nitrogens with one attached hydrogen (secondary N) is 2. The average Bonchev–Trinajstić information content (AvgIpc) is 3.43. The fourth-order valence-electron chi connectivity index (χ4n) is 5.80. The van der Waals surface area contributed by atoms with Gasteiger partial charge in [0.15, 0.2) is 0 Å². The summed E-state index contributed by atoms with van der Waals surface area (Å²) in [4.78, 5) is 26.8. The summed E-state index contributed by atoms with van der Waals surface area (Å²) in [5.41, 5.74) is 1.15. The average molecular weight is 656 g/mol. The Bertz CT molecular complexity index is 1620. The minimum atomic E-state index is -4.54. The third kappa shape index (κ3) is 8.70. The molecule has 6 nitrogen and oxygen atoms in total. The van der Waals surface area contributed by atoms with Crippen LogP contribution in [0.2, 0.25) is 0 Å². The van der Waals surface area contributed by atoms with Crippen molar-refractivity contribution in [1.29, 1.82) is 0 Å². The van der Waals surface area contributed by atoms with Crippen LogP contribution in [0.5, 0.6) is 0 Å². The van der Waals surface area contributed by atoms with E-state index in [-0.39, 0.29) is 30.6 Å². The maximum atomic E-state index is 13.6. The lowest BCUT2D eigenvalue weighted by Gasteiger charge is -2.25. The summed E-state index contributed by atoms with van der Waals surface area (Å²) in [7, 11) is 0. The first-order valence-electron chi connectivity index (χ1n) is 14.8. The van der Waals surface area contributed by atoms with E-state index in [2.05, 4.69) is 15.5 Å². The number of amides is 2. The first-order chi connectivity index (χ1) is 22.3. The van der Waals surface area contributed by atoms with Crippen molar-refractivity contribution in [3.8, 4) is 22.3 Å². The Hall–Kier alpha value is -4.84. The number of carboxylic acid groups (broad SMARTS) is 1. The molecule has 0 radical (unpaired) electrons. The first kappa shape index (κ1) is 33.5. The normalized spacial score (nSPS) is 17.0. The van der Waals surface area contributed by atoms with E-state index in [1.165, 1.54) is 36.4 Å². The molecule has 47 heavy (non-hydrogen) atoms. The molecule has 1 fully saturated rings. The maximum absolute atomic E-state index is 13.6. The van der Waals surface area contributed by atoms with Crippen molar-refractivity contribution in [3.63, 3.8) is 0 Å². The number of likely N-dealkylation sites (tertiary alicyclic amines) is 1. The lowest BCUT2D eigenvalue weighted by molar-refractivity contribution is -0.138. The molecule has 4 aromatic carbocycles. The van der Waals surface area contributed by atoms with Gasteiger partial charge in [-0.25, -0.2) is 4.79 Å². The van der Waals surface area contributed by atoms with Crippen molar-refractivity contribution in [3.05, 3.63) is 119 Å². The summed E-state index contributed by atoms with van der Waals surface area (Å²) < 4.78 is 79.2. The quantitative estimate of drug-likeness (QED) is 0.160. The molecule has 0 saturated carbocycles. The molecule has 4 aromatic rings. The van der Waals surface area contributed by atoms with Gasteiger partial charge >= 0.3 is 18.4 Å². The molecule has 0 aliphatic carbocycles. The number of halogens is 6. The highest BCUT2D eigenvalue weighted by Crippen LogP contribution is 2.35. The third-order valence-electron chi connectivity index (χ3n) is 8.17. The van der Waals surface area contributed by atoms with Gasteiger partial charge in [-0.15, -0.1) is 0 Å². The largest absolute Gasteiger partial charge is 0.465 e. The van der Waals surface area contributed by atoms with E-state index < -0.39 is 35.5 Å². The van der Waals surface area contributed by atoms with Crippen molar-refractivity contribution in [2.45, 2.75) is 31.4 Å². The van der Waals surface area contributed by atoms with Gasteiger partial charge in [-0.05, 0) is 82.6 Å². The second-order valence-corrected chi connectivity index (χ2v) is 11.5. The Morgan fingerprint density at radius 3 is 1.72 bits per heavy atom. The minimum absolute atomic E-state index is 0.0194. The fraction of sp³-hybridized carbons (Fsp3) is 0.257. The minimum Gasteiger partial charge on any atom is -0.465 e. The second kappa shape index (κ2) is 13.9. The molecule has 246 valence electrons. The van der Waals surface area contributed by atoms with Crippen molar-refractivity contribution in [1.82, 2.24) is 15.5 Å². The monoisotopic (exact) mass is 655 g/mol.